The van der Waals surface area contributed by atoms with Gasteiger partial charge >= 0.3 is 0 Å². The number of carbonyl (C=O) groups is 2. The maximum Gasteiger partial charge on any atom is 0.228 e. The molecule has 3 saturated heterocycles. The molecule has 3 aliphatic heterocycles. The number of likely N-dealkylation sites (tertiary alicyclic amines) is 1. The number of piperidine rings is 1. The second kappa shape index (κ2) is 6.79. The zero-order valence-corrected chi connectivity index (χ0v) is 15.0. The van der Waals surface area contributed by atoms with Crippen LogP contribution in [0.2, 0.25) is 5.02 Å². The smallest absolute Gasteiger partial charge is 0.228 e. The van der Waals surface area contributed by atoms with Crippen LogP contribution in [0.3, 0.4) is 0 Å². The van der Waals surface area contributed by atoms with Crippen molar-refractivity contribution in [2.45, 2.75) is 25.0 Å². The first kappa shape index (κ1) is 17.7. The van der Waals surface area contributed by atoms with Crippen LogP contribution in [0.4, 0.5) is 10.1 Å². The fourth-order valence-corrected chi connectivity index (χ4v) is 4.06. The maximum atomic E-state index is 13.3. The van der Waals surface area contributed by atoms with Gasteiger partial charge in [-0.1, -0.05) is 11.6 Å². The molecule has 0 unspecified atom stereocenters. The Hall–Kier alpha value is -1.70. The molecule has 1 atom stereocenters. The van der Waals surface area contributed by atoms with Crippen LogP contribution in [0, 0.1) is 11.7 Å². The van der Waals surface area contributed by atoms with E-state index in [-0.39, 0.29) is 29.8 Å². The minimum Gasteiger partial charge on any atom is -0.347 e. The number of hydrogen-bond donors (Lipinski definition) is 0. The summed E-state index contributed by atoms with van der Waals surface area (Å²) in [6.45, 7) is 2.60. The molecule has 8 heteroatoms. The maximum absolute atomic E-state index is 13.3. The number of ether oxygens (including phenoxy) is 2. The lowest BCUT2D eigenvalue weighted by atomic mass is 10.0. The van der Waals surface area contributed by atoms with Crippen molar-refractivity contribution in [3.05, 3.63) is 29.0 Å². The van der Waals surface area contributed by atoms with Crippen molar-refractivity contribution in [2.24, 2.45) is 5.92 Å². The van der Waals surface area contributed by atoms with Crippen LogP contribution in [0.1, 0.15) is 19.3 Å². The number of rotatable bonds is 2. The monoisotopic (exact) mass is 382 g/mol. The highest BCUT2D eigenvalue weighted by atomic mass is 35.5. The van der Waals surface area contributed by atoms with Gasteiger partial charge in [-0.15, -0.1) is 0 Å². The van der Waals surface area contributed by atoms with Crippen molar-refractivity contribution in [1.29, 1.82) is 0 Å². The first-order chi connectivity index (χ1) is 12.5. The molecule has 0 N–H and O–H groups in total. The normalized spacial score (nSPS) is 25.3. The molecule has 140 valence electrons. The van der Waals surface area contributed by atoms with E-state index in [4.69, 9.17) is 21.1 Å². The summed E-state index contributed by atoms with van der Waals surface area (Å²) in [5.41, 5.74) is 0.516. The highest BCUT2D eigenvalue weighted by Gasteiger charge is 2.43. The van der Waals surface area contributed by atoms with E-state index < -0.39 is 17.5 Å². The van der Waals surface area contributed by atoms with Gasteiger partial charge in [-0.25, -0.2) is 4.39 Å². The SMILES string of the molecule is O=C([C@H]1CC(=O)N(c2ccc(F)c(Cl)c2)C1)N1CCC2(CC1)OCCO2. The molecule has 0 aliphatic carbocycles. The Morgan fingerprint density at radius 2 is 1.92 bits per heavy atom. The van der Waals surface area contributed by atoms with Crippen molar-refractivity contribution in [3.63, 3.8) is 0 Å². The summed E-state index contributed by atoms with van der Waals surface area (Å²) >= 11 is 5.81. The van der Waals surface area contributed by atoms with E-state index in [1.54, 1.807) is 4.90 Å². The summed E-state index contributed by atoms with van der Waals surface area (Å²) in [5.74, 6) is -1.64. The molecule has 26 heavy (non-hydrogen) atoms. The molecule has 0 saturated carbocycles. The first-order valence-electron chi connectivity index (χ1n) is 8.80. The number of amides is 2. The third-order valence-electron chi connectivity index (χ3n) is 5.34. The third-order valence-corrected chi connectivity index (χ3v) is 5.63. The molecule has 0 aromatic heterocycles. The number of nitrogens with zero attached hydrogens (tertiary/aromatic N) is 2. The van der Waals surface area contributed by atoms with E-state index in [0.29, 0.717) is 44.8 Å². The van der Waals surface area contributed by atoms with Crippen LogP contribution in [-0.2, 0) is 19.1 Å². The molecule has 1 spiro atoms. The van der Waals surface area contributed by atoms with E-state index in [2.05, 4.69) is 0 Å². The molecule has 1 aromatic rings. The number of anilines is 1. The lowest BCUT2D eigenvalue weighted by Gasteiger charge is -2.38. The van der Waals surface area contributed by atoms with Gasteiger partial charge in [0, 0.05) is 44.6 Å². The Morgan fingerprint density at radius 1 is 1.23 bits per heavy atom. The van der Waals surface area contributed by atoms with Crippen molar-refractivity contribution in [1.82, 2.24) is 4.90 Å². The van der Waals surface area contributed by atoms with Crippen molar-refractivity contribution >= 4 is 29.1 Å². The topological polar surface area (TPSA) is 59.1 Å². The van der Waals surface area contributed by atoms with Crippen molar-refractivity contribution < 1.29 is 23.5 Å². The Kier molecular flexibility index (Phi) is 4.62. The second-order valence-corrected chi connectivity index (χ2v) is 7.34. The van der Waals surface area contributed by atoms with E-state index in [1.165, 1.54) is 23.1 Å². The van der Waals surface area contributed by atoms with Crippen LogP contribution in [0.25, 0.3) is 0 Å². The average Bonchev–Trinajstić information content (AvgIpc) is 3.25. The van der Waals surface area contributed by atoms with E-state index in [9.17, 15) is 14.0 Å². The molecule has 3 fully saturated rings. The summed E-state index contributed by atoms with van der Waals surface area (Å²) in [5, 5.41) is -0.0389. The fraction of sp³-hybridized carbons (Fsp3) is 0.556. The molecule has 0 bridgehead atoms. The molecule has 0 radical (unpaired) electrons. The molecular weight excluding hydrogens is 363 g/mol. The lowest BCUT2D eigenvalue weighted by Crippen LogP contribution is -2.49. The lowest BCUT2D eigenvalue weighted by molar-refractivity contribution is -0.188. The largest absolute Gasteiger partial charge is 0.347 e. The molecule has 3 heterocycles. The predicted molar refractivity (Wildman–Crippen MR) is 92.3 cm³/mol. The van der Waals surface area contributed by atoms with Crippen LogP contribution in [0.15, 0.2) is 18.2 Å². The van der Waals surface area contributed by atoms with Crippen LogP contribution in [-0.4, -0.2) is 55.3 Å². The highest BCUT2D eigenvalue weighted by Crippen LogP contribution is 2.33. The Morgan fingerprint density at radius 3 is 2.58 bits per heavy atom. The van der Waals surface area contributed by atoms with Crippen molar-refractivity contribution in [2.75, 3.05) is 37.7 Å². The second-order valence-electron chi connectivity index (χ2n) is 6.94. The number of hydrogen-bond acceptors (Lipinski definition) is 4. The van der Waals surface area contributed by atoms with Crippen LogP contribution in [0.5, 0.6) is 0 Å². The van der Waals surface area contributed by atoms with Gasteiger partial charge in [0.1, 0.15) is 5.82 Å². The van der Waals surface area contributed by atoms with Gasteiger partial charge < -0.3 is 19.3 Å². The predicted octanol–water partition coefficient (Wildman–Crippen LogP) is 2.20. The van der Waals surface area contributed by atoms with Crippen LogP contribution < -0.4 is 4.90 Å². The Bertz CT molecular complexity index is 728. The Balaban J connectivity index is 1.40. The standard InChI is InChI=1S/C18H20ClFN2O4/c19-14-10-13(1-2-15(14)20)22-11-12(9-16(22)23)17(24)21-5-3-18(4-6-21)25-7-8-26-18/h1-2,10,12H,3-9,11H2/t12-/m0/s1. The number of halogens is 2. The third kappa shape index (κ3) is 3.19. The molecule has 6 nitrogen and oxygen atoms in total. The molecule has 2 amide bonds. The summed E-state index contributed by atoms with van der Waals surface area (Å²) in [4.78, 5) is 28.5. The van der Waals surface area contributed by atoms with Crippen LogP contribution >= 0.6 is 11.6 Å². The molecular formula is C18H20ClFN2O4. The van der Waals surface area contributed by atoms with E-state index in [0.717, 1.165) is 0 Å². The molecule has 3 aliphatic rings. The number of carbonyl (C=O) groups excluding carboxylic acids is 2. The van der Waals surface area contributed by atoms with Gasteiger partial charge in [-0.05, 0) is 18.2 Å². The fourth-order valence-electron chi connectivity index (χ4n) is 3.89. The molecule has 4 rings (SSSR count). The van der Waals surface area contributed by atoms with Gasteiger partial charge in [-0.3, -0.25) is 9.59 Å². The summed E-state index contributed by atoms with van der Waals surface area (Å²) in [7, 11) is 0. The number of benzene rings is 1. The van der Waals surface area contributed by atoms with Gasteiger partial charge in [0.2, 0.25) is 11.8 Å². The zero-order chi connectivity index (χ0) is 18.3. The van der Waals surface area contributed by atoms with E-state index in [1.807, 2.05) is 0 Å². The summed E-state index contributed by atoms with van der Waals surface area (Å²) in [6, 6.07) is 4.15. The Labute approximate surface area is 155 Å². The summed E-state index contributed by atoms with van der Waals surface area (Å²) in [6.07, 6.45) is 1.45. The molecule has 1 aromatic carbocycles. The van der Waals surface area contributed by atoms with Gasteiger partial charge in [0.15, 0.2) is 5.79 Å². The van der Waals surface area contributed by atoms with Gasteiger partial charge in [0.25, 0.3) is 0 Å². The first-order valence-corrected chi connectivity index (χ1v) is 9.17. The average molecular weight is 383 g/mol. The summed E-state index contributed by atoms with van der Waals surface area (Å²) < 4.78 is 24.7. The minimum atomic E-state index is -0.534. The minimum absolute atomic E-state index is 0.0260. The van der Waals surface area contributed by atoms with E-state index >= 15 is 0 Å². The highest BCUT2D eigenvalue weighted by molar-refractivity contribution is 6.31. The zero-order valence-electron chi connectivity index (χ0n) is 14.2. The quantitative estimate of drug-likeness (QED) is 0.786. The van der Waals surface area contributed by atoms with Gasteiger partial charge in [0.05, 0.1) is 24.2 Å². The van der Waals surface area contributed by atoms with Gasteiger partial charge in [-0.2, -0.15) is 0 Å². The van der Waals surface area contributed by atoms with Crippen molar-refractivity contribution in [3.8, 4) is 0 Å².